The number of benzene rings is 1. The van der Waals surface area contributed by atoms with Gasteiger partial charge in [0.2, 0.25) is 0 Å². The molecule has 0 bridgehead atoms. The van der Waals surface area contributed by atoms with Gasteiger partial charge >= 0.3 is 0 Å². The van der Waals surface area contributed by atoms with Crippen LogP contribution in [0.3, 0.4) is 0 Å². The number of carbonyl (C=O) groups excluding carboxylic acids is 1. The molecular formula is C18H19ClN4O2. The summed E-state index contributed by atoms with van der Waals surface area (Å²) in [4.78, 5) is 17.4. The molecule has 0 radical (unpaired) electrons. The van der Waals surface area contributed by atoms with Crippen LogP contribution < -0.4 is 10.1 Å². The monoisotopic (exact) mass is 358 g/mol. The first-order valence-electron chi connectivity index (χ1n) is 7.90. The van der Waals surface area contributed by atoms with Crippen molar-refractivity contribution in [2.45, 2.75) is 26.8 Å². The van der Waals surface area contributed by atoms with Crippen molar-refractivity contribution < 1.29 is 9.53 Å². The van der Waals surface area contributed by atoms with Crippen molar-refractivity contribution in [1.82, 2.24) is 14.8 Å². The molecule has 130 valence electrons. The lowest BCUT2D eigenvalue weighted by Gasteiger charge is -2.12. The van der Waals surface area contributed by atoms with Gasteiger partial charge in [0.25, 0.3) is 5.91 Å². The summed E-state index contributed by atoms with van der Waals surface area (Å²) in [6.45, 7) is 5.90. The van der Waals surface area contributed by atoms with E-state index in [2.05, 4.69) is 15.4 Å². The van der Waals surface area contributed by atoms with Gasteiger partial charge in [0.15, 0.2) is 5.65 Å². The number of amides is 1. The summed E-state index contributed by atoms with van der Waals surface area (Å²) >= 11 is 6.03. The highest BCUT2D eigenvalue weighted by atomic mass is 35.5. The van der Waals surface area contributed by atoms with Gasteiger partial charge in [0, 0.05) is 16.8 Å². The summed E-state index contributed by atoms with van der Waals surface area (Å²) < 4.78 is 7.09. The molecule has 25 heavy (non-hydrogen) atoms. The molecule has 0 aliphatic carbocycles. The van der Waals surface area contributed by atoms with E-state index in [1.54, 1.807) is 42.3 Å². The zero-order valence-corrected chi connectivity index (χ0v) is 15.3. The smallest absolute Gasteiger partial charge is 0.256 e. The molecule has 0 saturated heterocycles. The lowest BCUT2D eigenvalue weighted by molar-refractivity contribution is 0.102. The summed E-state index contributed by atoms with van der Waals surface area (Å²) in [6, 6.07) is 6.97. The van der Waals surface area contributed by atoms with Gasteiger partial charge in [-0.15, -0.1) is 0 Å². The quantitative estimate of drug-likeness (QED) is 0.757. The molecule has 0 unspecified atom stereocenters. The van der Waals surface area contributed by atoms with Crippen LogP contribution in [0, 0.1) is 6.92 Å². The standard InChI is InChI=1S/C18H19ClN4O2/c1-10(2)23-17-14(9-20-23)13(7-11(3)21-17)18(24)22-15-8-12(19)5-6-16(15)25-4/h5-10H,1-4H3,(H,22,24). The third kappa shape index (κ3) is 3.30. The summed E-state index contributed by atoms with van der Waals surface area (Å²) in [5, 5.41) is 8.45. The highest BCUT2D eigenvalue weighted by Crippen LogP contribution is 2.29. The Morgan fingerprint density at radius 2 is 2.08 bits per heavy atom. The third-order valence-corrected chi connectivity index (χ3v) is 4.07. The number of hydrogen-bond donors (Lipinski definition) is 1. The van der Waals surface area contributed by atoms with E-state index in [4.69, 9.17) is 16.3 Å². The Morgan fingerprint density at radius 3 is 2.76 bits per heavy atom. The van der Waals surface area contributed by atoms with Crippen molar-refractivity contribution in [3.8, 4) is 5.75 Å². The Kier molecular flexibility index (Phi) is 4.63. The van der Waals surface area contributed by atoms with Crippen LogP contribution in [0.2, 0.25) is 5.02 Å². The first-order chi connectivity index (χ1) is 11.9. The van der Waals surface area contributed by atoms with Crippen LogP contribution in [0.25, 0.3) is 11.0 Å². The number of aromatic nitrogens is 3. The molecule has 1 aromatic carbocycles. The number of carbonyl (C=O) groups is 1. The van der Waals surface area contributed by atoms with Gasteiger partial charge in [-0.2, -0.15) is 5.10 Å². The van der Waals surface area contributed by atoms with Crippen molar-refractivity contribution in [1.29, 1.82) is 0 Å². The van der Waals surface area contributed by atoms with Crippen LogP contribution in [0.15, 0.2) is 30.5 Å². The largest absolute Gasteiger partial charge is 0.495 e. The lowest BCUT2D eigenvalue weighted by Crippen LogP contribution is -2.14. The third-order valence-electron chi connectivity index (χ3n) is 3.84. The van der Waals surface area contributed by atoms with E-state index in [-0.39, 0.29) is 11.9 Å². The average molecular weight is 359 g/mol. The molecular weight excluding hydrogens is 340 g/mol. The van der Waals surface area contributed by atoms with E-state index >= 15 is 0 Å². The van der Waals surface area contributed by atoms with Crippen molar-refractivity contribution >= 4 is 34.2 Å². The maximum atomic E-state index is 12.9. The Labute approximate surface area is 150 Å². The summed E-state index contributed by atoms with van der Waals surface area (Å²) in [7, 11) is 1.54. The number of fused-ring (bicyclic) bond motifs is 1. The van der Waals surface area contributed by atoms with E-state index in [0.29, 0.717) is 33.1 Å². The fourth-order valence-corrected chi connectivity index (χ4v) is 2.85. The average Bonchev–Trinajstić information content (AvgIpc) is 2.98. The zero-order valence-electron chi connectivity index (χ0n) is 14.5. The number of halogens is 1. The molecule has 7 heteroatoms. The molecule has 3 rings (SSSR count). The molecule has 0 aliphatic heterocycles. The van der Waals surface area contributed by atoms with Gasteiger partial charge < -0.3 is 10.1 Å². The number of rotatable bonds is 4. The van der Waals surface area contributed by atoms with Crippen molar-refractivity contribution in [3.05, 3.63) is 46.7 Å². The molecule has 0 atom stereocenters. The molecule has 2 aromatic heterocycles. The molecule has 2 heterocycles. The van der Waals surface area contributed by atoms with Crippen molar-refractivity contribution in [3.63, 3.8) is 0 Å². The Bertz CT molecular complexity index is 950. The van der Waals surface area contributed by atoms with E-state index in [9.17, 15) is 4.79 Å². The second-order valence-electron chi connectivity index (χ2n) is 6.03. The topological polar surface area (TPSA) is 69.0 Å². The maximum Gasteiger partial charge on any atom is 0.256 e. The molecule has 3 aromatic rings. The molecule has 1 N–H and O–H groups in total. The van der Waals surface area contributed by atoms with Crippen LogP contribution in [-0.2, 0) is 0 Å². The second-order valence-corrected chi connectivity index (χ2v) is 6.47. The fraction of sp³-hybridized carbons (Fsp3) is 0.278. The molecule has 0 aliphatic rings. The van der Waals surface area contributed by atoms with E-state index in [1.807, 2.05) is 20.8 Å². The number of nitrogens with zero attached hydrogens (tertiary/aromatic N) is 3. The van der Waals surface area contributed by atoms with Crippen LogP contribution in [0.4, 0.5) is 5.69 Å². The number of hydrogen-bond acceptors (Lipinski definition) is 4. The summed E-state index contributed by atoms with van der Waals surface area (Å²) in [5.74, 6) is 0.275. The van der Waals surface area contributed by atoms with Gasteiger partial charge in [-0.05, 0) is 45.0 Å². The molecule has 6 nitrogen and oxygen atoms in total. The lowest BCUT2D eigenvalue weighted by atomic mass is 10.1. The fourth-order valence-electron chi connectivity index (χ4n) is 2.68. The van der Waals surface area contributed by atoms with Crippen LogP contribution in [-0.4, -0.2) is 27.8 Å². The number of anilines is 1. The van der Waals surface area contributed by atoms with Crippen molar-refractivity contribution in [2.24, 2.45) is 0 Å². The van der Waals surface area contributed by atoms with Crippen LogP contribution in [0.5, 0.6) is 5.75 Å². The first kappa shape index (κ1) is 17.2. The predicted octanol–water partition coefficient (Wildman–Crippen LogP) is 4.23. The molecule has 0 spiro atoms. The van der Waals surface area contributed by atoms with Gasteiger partial charge in [-0.3, -0.25) is 4.79 Å². The van der Waals surface area contributed by atoms with Crippen LogP contribution in [0.1, 0.15) is 35.9 Å². The van der Waals surface area contributed by atoms with Crippen molar-refractivity contribution in [2.75, 3.05) is 12.4 Å². The molecule has 0 saturated carbocycles. The maximum absolute atomic E-state index is 12.9. The highest BCUT2D eigenvalue weighted by Gasteiger charge is 2.18. The predicted molar refractivity (Wildman–Crippen MR) is 98.6 cm³/mol. The number of aryl methyl sites for hydroxylation is 1. The van der Waals surface area contributed by atoms with Gasteiger partial charge in [-0.25, -0.2) is 9.67 Å². The number of pyridine rings is 1. The van der Waals surface area contributed by atoms with Gasteiger partial charge in [0.05, 0.1) is 29.9 Å². The second kappa shape index (κ2) is 6.72. The van der Waals surface area contributed by atoms with Crippen LogP contribution >= 0.6 is 11.6 Å². The Morgan fingerprint density at radius 1 is 1.32 bits per heavy atom. The molecule has 1 amide bonds. The minimum Gasteiger partial charge on any atom is -0.495 e. The van der Waals surface area contributed by atoms with Gasteiger partial charge in [0.1, 0.15) is 5.75 Å². The first-order valence-corrected chi connectivity index (χ1v) is 8.28. The SMILES string of the molecule is COc1ccc(Cl)cc1NC(=O)c1cc(C)nc2c1cnn2C(C)C. The Balaban J connectivity index is 2.05. The van der Waals surface area contributed by atoms with E-state index in [1.165, 1.54) is 0 Å². The minimum absolute atomic E-state index is 0.149. The summed E-state index contributed by atoms with van der Waals surface area (Å²) in [5.41, 5.74) is 2.46. The minimum atomic E-state index is -0.264. The van der Waals surface area contributed by atoms with E-state index < -0.39 is 0 Å². The molecule has 0 fully saturated rings. The summed E-state index contributed by atoms with van der Waals surface area (Å²) in [6.07, 6.45) is 1.67. The number of nitrogens with one attached hydrogen (secondary N) is 1. The zero-order chi connectivity index (χ0) is 18.1. The van der Waals surface area contributed by atoms with Gasteiger partial charge in [-0.1, -0.05) is 11.6 Å². The number of methoxy groups -OCH3 is 1. The number of ether oxygens (including phenoxy) is 1. The Hall–Kier alpha value is -2.60. The normalized spacial score (nSPS) is 11.1. The van der Waals surface area contributed by atoms with E-state index in [0.717, 1.165) is 5.69 Å². The highest BCUT2D eigenvalue weighted by molar-refractivity contribution is 6.31.